The first-order valence-corrected chi connectivity index (χ1v) is 10.5. The molecule has 0 aliphatic heterocycles. The second-order valence-corrected chi connectivity index (χ2v) is 8.57. The smallest absolute Gasteiger partial charge is 0.265 e. The lowest BCUT2D eigenvalue weighted by Gasteiger charge is -2.08. The number of ether oxygens (including phenoxy) is 1. The van der Waals surface area contributed by atoms with E-state index < -0.39 is 15.9 Å². The molecule has 0 spiro atoms. The van der Waals surface area contributed by atoms with Crippen LogP contribution in [0.15, 0.2) is 64.9 Å². The Balaban J connectivity index is 1.68. The van der Waals surface area contributed by atoms with E-state index in [4.69, 9.17) is 16.3 Å². The van der Waals surface area contributed by atoms with E-state index >= 15 is 0 Å². The summed E-state index contributed by atoms with van der Waals surface area (Å²) in [5.74, 6) is 0.713. The van der Waals surface area contributed by atoms with Gasteiger partial charge in [-0.2, -0.15) is 0 Å². The summed E-state index contributed by atoms with van der Waals surface area (Å²) in [7, 11) is -2.25. The number of amides is 1. The van der Waals surface area contributed by atoms with Gasteiger partial charge in [-0.15, -0.1) is 11.3 Å². The van der Waals surface area contributed by atoms with Gasteiger partial charge in [0.2, 0.25) is 10.0 Å². The number of rotatable bonds is 6. The highest BCUT2D eigenvalue weighted by atomic mass is 35.5. The van der Waals surface area contributed by atoms with Crippen molar-refractivity contribution < 1.29 is 17.9 Å². The van der Waals surface area contributed by atoms with Crippen molar-refractivity contribution in [3.05, 3.63) is 69.9 Å². The molecule has 140 valence electrons. The molecule has 27 heavy (non-hydrogen) atoms. The Morgan fingerprint density at radius 3 is 2.48 bits per heavy atom. The molecule has 6 nitrogen and oxygen atoms in total. The topological polar surface area (TPSA) is 84.5 Å². The van der Waals surface area contributed by atoms with E-state index in [2.05, 4.69) is 10.0 Å². The van der Waals surface area contributed by atoms with E-state index in [-0.39, 0.29) is 4.90 Å². The fourth-order valence-electron chi connectivity index (χ4n) is 2.15. The molecule has 0 atom stereocenters. The lowest BCUT2D eigenvalue weighted by molar-refractivity contribution is 0.103. The van der Waals surface area contributed by atoms with E-state index in [0.717, 1.165) is 11.3 Å². The van der Waals surface area contributed by atoms with Gasteiger partial charge in [-0.3, -0.25) is 4.79 Å². The number of anilines is 1. The Kier molecular flexibility index (Phi) is 5.81. The molecule has 0 aliphatic rings. The van der Waals surface area contributed by atoms with E-state index in [9.17, 15) is 13.2 Å². The second-order valence-electron chi connectivity index (χ2n) is 5.37. The fourth-order valence-corrected chi connectivity index (χ4v) is 4.22. The zero-order chi connectivity index (χ0) is 19.4. The molecular weight excluding hydrogens is 408 g/mol. The molecule has 1 heterocycles. The van der Waals surface area contributed by atoms with E-state index in [0.29, 0.717) is 27.1 Å². The van der Waals surface area contributed by atoms with Gasteiger partial charge < -0.3 is 10.1 Å². The molecule has 2 N–H and O–H groups in total. The number of carbonyl (C=O) groups excluding carboxylic acids is 1. The largest absolute Gasteiger partial charge is 0.456 e. The molecule has 0 saturated heterocycles. The first-order chi connectivity index (χ1) is 12.9. The first-order valence-electron chi connectivity index (χ1n) is 7.75. The quantitative estimate of drug-likeness (QED) is 0.618. The molecule has 2 aromatic carbocycles. The fraction of sp³-hybridized carbons (Fsp3) is 0.0556. The molecule has 0 aliphatic carbocycles. The van der Waals surface area contributed by atoms with Crippen molar-refractivity contribution >= 4 is 44.6 Å². The molecule has 0 saturated carbocycles. The molecule has 0 unspecified atom stereocenters. The van der Waals surface area contributed by atoms with Gasteiger partial charge in [0.15, 0.2) is 0 Å². The van der Waals surface area contributed by atoms with Crippen LogP contribution in [-0.2, 0) is 10.0 Å². The summed E-state index contributed by atoms with van der Waals surface area (Å²) in [6, 6.07) is 15.2. The van der Waals surface area contributed by atoms with E-state index in [1.54, 1.807) is 36.4 Å². The summed E-state index contributed by atoms with van der Waals surface area (Å²) in [6.07, 6.45) is 0. The Labute approximate surface area is 165 Å². The van der Waals surface area contributed by atoms with Gasteiger partial charge in [-0.1, -0.05) is 23.7 Å². The van der Waals surface area contributed by atoms with Crippen molar-refractivity contribution in [2.24, 2.45) is 0 Å². The summed E-state index contributed by atoms with van der Waals surface area (Å²) in [5, 5.41) is 4.64. The maximum absolute atomic E-state index is 12.3. The SMILES string of the molecule is CNS(=O)(=O)c1csc(C(=O)Nc2ccc(Oc3ccccc3Cl)cc2)c1. The summed E-state index contributed by atoms with van der Waals surface area (Å²) in [5.41, 5.74) is 0.554. The molecule has 9 heteroatoms. The first kappa shape index (κ1) is 19.4. The number of hydrogen-bond donors (Lipinski definition) is 2. The van der Waals surface area contributed by atoms with Crippen LogP contribution in [0.2, 0.25) is 5.02 Å². The Morgan fingerprint density at radius 1 is 1.11 bits per heavy atom. The van der Waals surface area contributed by atoms with Gasteiger partial charge in [-0.05, 0) is 49.5 Å². The van der Waals surface area contributed by atoms with Crippen LogP contribution in [0.25, 0.3) is 0 Å². The van der Waals surface area contributed by atoms with Gasteiger partial charge in [0.05, 0.1) is 14.8 Å². The monoisotopic (exact) mass is 422 g/mol. The number of carbonyl (C=O) groups is 1. The maximum atomic E-state index is 12.3. The van der Waals surface area contributed by atoms with Crippen LogP contribution in [0.1, 0.15) is 9.67 Å². The van der Waals surface area contributed by atoms with Gasteiger partial charge in [0, 0.05) is 11.1 Å². The van der Waals surface area contributed by atoms with Crippen LogP contribution < -0.4 is 14.8 Å². The van der Waals surface area contributed by atoms with Crippen LogP contribution in [0, 0.1) is 0 Å². The second kappa shape index (κ2) is 8.10. The van der Waals surface area contributed by atoms with Gasteiger partial charge in [0.1, 0.15) is 11.5 Å². The molecule has 3 aromatic rings. The van der Waals surface area contributed by atoms with Crippen LogP contribution in [0.5, 0.6) is 11.5 Å². The molecule has 0 fully saturated rings. The average Bonchev–Trinajstić information content (AvgIpc) is 3.16. The Hall–Kier alpha value is -2.39. The highest BCUT2D eigenvalue weighted by molar-refractivity contribution is 7.89. The number of benzene rings is 2. The van der Waals surface area contributed by atoms with Crippen molar-refractivity contribution in [3.63, 3.8) is 0 Å². The predicted octanol–water partition coefficient (Wildman–Crippen LogP) is 4.35. The summed E-state index contributed by atoms with van der Waals surface area (Å²) in [4.78, 5) is 12.6. The van der Waals surface area contributed by atoms with Crippen molar-refractivity contribution in [1.82, 2.24) is 4.72 Å². The molecule has 1 aromatic heterocycles. The van der Waals surface area contributed by atoms with Crippen molar-refractivity contribution in [3.8, 4) is 11.5 Å². The zero-order valence-corrected chi connectivity index (χ0v) is 16.5. The number of nitrogens with one attached hydrogen (secondary N) is 2. The highest BCUT2D eigenvalue weighted by Gasteiger charge is 2.17. The van der Waals surface area contributed by atoms with Crippen molar-refractivity contribution in [1.29, 1.82) is 0 Å². The number of halogens is 1. The molecule has 0 bridgehead atoms. The third-order valence-electron chi connectivity index (χ3n) is 3.55. The van der Waals surface area contributed by atoms with E-state index in [1.165, 1.54) is 18.5 Å². The number of hydrogen-bond acceptors (Lipinski definition) is 5. The van der Waals surface area contributed by atoms with Crippen LogP contribution in [-0.4, -0.2) is 21.4 Å². The minimum absolute atomic E-state index is 0.0589. The Bertz CT molecular complexity index is 1060. The van der Waals surface area contributed by atoms with Crippen LogP contribution >= 0.6 is 22.9 Å². The minimum atomic E-state index is -3.57. The van der Waals surface area contributed by atoms with Gasteiger partial charge >= 0.3 is 0 Å². The number of para-hydroxylation sites is 1. The summed E-state index contributed by atoms with van der Waals surface area (Å²) >= 11 is 7.11. The maximum Gasteiger partial charge on any atom is 0.265 e. The van der Waals surface area contributed by atoms with E-state index in [1.807, 2.05) is 12.1 Å². The average molecular weight is 423 g/mol. The summed E-state index contributed by atoms with van der Waals surface area (Å²) < 4.78 is 31.4. The van der Waals surface area contributed by atoms with Crippen molar-refractivity contribution in [2.75, 3.05) is 12.4 Å². The predicted molar refractivity (Wildman–Crippen MR) is 106 cm³/mol. The minimum Gasteiger partial charge on any atom is -0.456 e. The van der Waals surface area contributed by atoms with Gasteiger partial charge in [-0.25, -0.2) is 13.1 Å². The third-order valence-corrected chi connectivity index (χ3v) is 6.34. The highest BCUT2D eigenvalue weighted by Crippen LogP contribution is 2.29. The Morgan fingerprint density at radius 2 is 1.81 bits per heavy atom. The molecule has 0 radical (unpaired) electrons. The normalized spacial score (nSPS) is 11.2. The standard InChI is InChI=1S/C18H15ClN2O4S2/c1-20-27(23,24)14-10-17(26-11-14)18(22)21-12-6-8-13(9-7-12)25-16-5-3-2-4-15(16)19/h2-11,20H,1H3,(H,21,22). The van der Waals surface area contributed by atoms with Crippen LogP contribution in [0.3, 0.4) is 0 Å². The van der Waals surface area contributed by atoms with Crippen molar-refractivity contribution in [2.45, 2.75) is 4.90 Å². The molecular formula is C18H15ClN2O4S2. The number of thiophene rings is 1. The van der Waals surface area contributed by atoms with Gasteiger partial charge in [0.25, 0.3) is 5.91 Å². The molecule has 1 amide bonds. The zero-order valence-electron chi connectivity index (χ0n) is 14.1. The van der Waals surface area contributed by atoms with Crippen LogP contribution in [0.4, 0.5) is 5.69 Å². The molecule has 3 rings (SSSR count). The summed E-state index contributed by atoms with van der Waals surface area (Å²) in [6.45, 7) is 0. The lowest BCUT2D eigenvalue weighted by Crippen LogP contribution is -2.18. The third kappa shape index (κ3) is 4.67. The lowest BCUT2D eigenvalue weighted by atomic mass is 10.3. The number of sulfonamides is 1.